The minimum Gasteiger partial charge on any atom is -0.368 e. The van der Waals surface area contributed by atoms with Crippen molar-refractivity contribution >= 4 is 24.5 Å². The van der Waals surface area contributed by atoms with Crippen molar-refractivity contribution in [2.45, 2.75) is 12.8 Å². The second-order valence-electron chi connectivity index (χ2n) is 2.30. The lowest BCUT2D eigenvalue weighted by molar-refractivity contribution is 0.834. The summed E-state index contributed by atoms with van der Waals surface area (Å²) in [6.45, 7) is 0. The molecular formula is C6H11N5S. The third kappa shape index (κ3) is 2.54. The molecule has 0 saturated heterocycles. The highest BCUT2D eigenvalue weighted by atomic mass is 32.1. The molecule has 0 aliphatic heterocycles. The highest BCUT2D eigenvalue weighted by molar-refractivity contribution is 7.80. The first kappa shape index (κ1) is 9.05. The van der Waals surface area contributed by atoms with E-state index in [2.05, 4.69) is 27.6 Å². The third-order valence-electron chi connectivity index (χ3n) is 1.27. The van der Waals surface area contributed by atoms with Gasteiger partial charge in [0.25, 0.3) is 0 Å². The van der Waals surface area contributed by atoms with Crippen molar-refractivity contribution in [3.05, 3.63) is 5.82 Å². The van der Waals surface area contributed by atoms with Gasteiger partial charge in [0.2, 0.25) is 11.9 Å². The van der Waals surface area contributed by atoms with Gasteiger partial charge in [-0.05, 0) is 12.2 Å². The highest BCUT2D eigenvalue weighted by Gasteiger charge is 2.00. The fraction of sp³-hybridized carbons (Fsp3) is 0.500. The first-order valence-electron chi connectivity index (χ1n) is 3.59. The molecule has 1 rings (SSSR count). The summed E-state index contributed by atoms with van der Waals surface area (Å²) in [5.41, 5.74) is 10.7. The van der Waals surface area contributed by atoms with E-state index in [1.807, 2.05) is 0 Å². The molecule has 12 heavy (non-hydrogen) atoms. The molecule has 6 heteroatoms. The van der Waals surface area contributed by atoms with Gasteiger partial charge < -0.3 is 11.5 Å². The molecule has 0 fully saturated rings. The Morgan fingerprint density at radius 1 is 1.08 bits per heavy atom. The van der Waals surface area contributed by atoms with Crippen LogP contribution in [0.4, 0.5) is 11.9 Å². The molecule has 1 heterocycles. The smallest absolute Gasteiger partial charge is 0.225 e. The fourth-order valence-corrected chi connectivity index (χ4v) is 0.964. The minimum absolute atomic E-state index is 0.177. The van der Waals surface area contributed by atoms with Crippen molar-refractivity contribution in [3.8, 4) is 0 Å². The summed E-state index contributed by atoms with van der Waals surface area (Å²) >= 11 is 4.07. The topological polar surface area (TPSA) is 90.7 Å². The van der Waals surface area contributed by atoms with E-state index in [-0.39, 0.29) is 11.9 Å². The number of anilines is 2. The van der Waals surface area contributed by atoms with Crippen LogP contribution in [-0.2, 0) is 6.42 Å². The van der Waals surface area contributed by atoms with Crippen LogP contribution >= 0.6 is 12.6 Å². The molecule has 0 aliphatic carbocycles. The van der Waals surface area contributed by atoms with Crippen LogP contribution < -0.4 is 11.5 Å². The Balaban J connectivity index is 2.72. The molecule has 1 aromatic heterocycles. The molecule has 0 radical (unpaired) electrons. The van der Waals surface area contributed by atoms with E-state index in [1.165, 1.54) is 0 Å². The summed E-state index contributed by atoms with van der Waals surface area (Å²) in [6.07, 6.45) is 1.65. The van der Waals surface area contributed by atoms with Crippen molar-refractivity contribution in [2.24, 2.45) is 0 Å². The van der Waals surface area contributed by atoms with Gasteiger partial charge in [-0.3, -0.25) is 0 Å². The Morgan fingerprint density at radius 3 is 2.17 bits per heavy atom. The molecule has 0 amide bonds. The van der Waals surface area contributed by atoms with Gasteiger partial charge in [0.05, 0.1) is 0 Å². The zero-order chi connectivity index (χ0) is 8.97. The summed E-state index contributed by atoms with van der Waals surface area (Å²) in [7, 11) is 0. The second kappa shape index (κ2) is 4.10. The largest absolute Gasteiger partial charge is 0.368 e. The molecule has 0 bridgehead atoms. The van der Waals surface area contributed by atoms with Crippen LogP contribution in [-0.4, -0.2) is 20.7 Å². The second-order valence-corrected chi connectivity index (χ2v) is 2.74. The standard InChI is InChI=1S/C6H11N5S/c7-5-9-4(2-1-3-12)10-6(8)11-5/h12H,1-3H2,(H4,7,8,9,10,11). The van der Waals surface area contributed by atoms with Crippen LogP contribution in [0.1, 0.15) is 12.2 Å². The van der Waals surface area contributed by atoms with E-state index in [4.69, 9.17) is 11.5 Å². The predicted molar refractivity (Wildman–Crippen MR) is 50.8 cm³/mol. The molecule has 0 aliphatic rings. The Bertz CT molecular complexity index is 244. The molecule has 5 nitrogen and oxygen atoms in total. The molecule has 0 unspecified atom stereocenters. The first-order valence-corrected chi connectivity index (χ1v) is 4.22. The van der Waals surface area contributed by atoms with E-state index in [1.54, 1.807) is 0 Å². The van der Waals surface area contributed by atoms with Gasteiger partial charge >= 0.3 is 0 Å². The van der Waals surface area contributed by atoms with E-state index >= 15 is 0 Å². The number of nitrogens with two attached hydrogens (primary N) is 2. The van der Waals surface area contributed by atoms with Gasteiger partial charge in [-0.2, -0.15) is 27.6 Å². The number of rotatable bonds is 3. The quantitative estimate of drug-likeness (QED) is 0.572. The number of nitrogens with zero attached hydrogens (tertiary/aromatic N) is 3. The fourth-order valence-electron chi connectivity index (χ4n) is 0.806. The Kier molecular flexibility index (Phi) is 3.09. The summed E-state index contributed by atoms with van der Waals surface area (Å²) in [5.74, 6) is 1.79. The maximum atomic E-state index is 5.37. The lowest BCUT2D eigenvalue weighted by Gasteiger charge is -1.99. The number of hydrogen-bond acceptors (Lipinski definition) is 6. The molecular weight excluding hydrogens is 174 g/mol. The van der Waals surface area contributed by atoms with Gasteiger partial charge in [0.1, 0.15) is 5.82 Å². The summed E-state index contributed by atoms with van der Waals surface area (Å²) < 4.78 is 0. The lowest BCUT2D eigenvalue weighted by atomic mass is 10.3. The van der Waals surface area contributed by atoms with Crippen molar-refractivity contribution in [1.82, 2.24) is 15.0 Å². The van der Waals surface area contributed by atoms with Crippen molar-refractivity contribution in [1.29, 1.82) is 0 Å². The average Bonchev–Trinajstić information content (AvgIpc) is 1.99. The summed E-state index contributed by atoms with van der Waals surface area (Å²) in [6, 6.07) is 0. The number of thiol groups is 1. The van der Waals surface area contributed by atoms with Crippen LogP contribution in [0.3, 0.4) is 0 Å². The number of aryl methyl sites for hydroxylation is 1. The molecule has 0 spiro atoms. The average molecular weight is 185 g/mol. The van der Waals surface area contributed by atoms with Crippen molar-refractivity contribution in [2.75, 3.05) is 17.2 Å². The van der Waals surface area contributed by atoms with Gasteiger partial charge in [-0.15, -0.1) is 0 Å². The van der Waals surface area contributed by atoms with Gasteiger partial charge in [-0.25, -0.2) is 0 Å². The van der Waals surface area contributed by atoms with Crippen LogP contribution in [0.25, 0.3) is 0 Å². The van der Waals surface area contributed by atoms with E-state index in [0.29, 0.717) is 5.82 Å². The van der Waals surface area contributed by atoms with E-state index < -0.39 is 0 Å². The maximum Gasteiger partial charge on any atom is 0.225 e. The van der Waals surface area contributed by atoms with Crippen LogP contribution in [0.15, 0.2) is 0 Å². The minimum atomic E-state index is 0.177. The van der Waals surface area contributed by atoms with Crippen molar-refractivity contribution in [3.63, 3.8) is 0 Å². The zero-order valence-corrected chi connectivity index (χ0v) is 7.46. The monoisotopic (exact) mass is 185 g/mol. The molecule has 4 N–H and O–H groups in total. The van der Waals surface area contributed by atoms with Gasteiger partial charge in [0, 0.05) is 6.42 Å². The molecule has 0 atom stereocenters. The number of aromatic nitrogens is 3. The number of hydrogen-bond donors (Lipinski definition) is 3. The Labute approximate surface area is 76.0 Å². The Morgan fingerprint density at radius 2 is 1.67 bits per heavy atom. The Hall–Kier alpha value is -1.04. The number of nitrogen functional groups attached to an aromatic ring is 2. The molecule has 0 aromatic carbocycles. The molecule has 0 saturated carbocycles. The SMILES string of the molecule is Nc1nc(N)nc(CCCS)n1. The lowest BCUT2D eigenvalue weighted by Crippen LogP contribution is -2.06. The molecule has 1 aromatic rings. The van der Waals surface area contributed by atoms with Crippen LogP contribution in [0.2, 0.25) is 0 Å². The predicted octanol–water partition coefficient (Wildman–Crippen LogP) is -0.102. The zero-order valence-electron chi connectivity index (χ0n) is 6.56. The molecule has 66 valence electrons. The summed E-state index contributed by atoms with van der Waals surface area (Å²) in [5, 5.41) is 0. The normalized spacial score (nSPS) is 10.1. The van der Waals surface area contributed by atoms with Crippen LogP contribution in [0, 0.1) is 0 Å². The maximum absolute atomic E-state index is 5.37. The summed E-state index contributed by atoms with van der Waals surface area (Å²) in [4.78, 5) is 11.5. The van der Waals surface area contributed by atoms with Gasteiger partial charge in [-0.1, -0.05) is 0 Å². The third-order valence-corrected chi connectivity index (χ3v) is 1.59. The van der Waals surface area contributed by atoms with Crippen LogP contribution in [0.5, 0.6) is 0 Å². The van der Waals surface area contributed by atoms with E-state index in [9.17, 15) is 0 Å². The van der Waals surface area contributed by atoms with Crippen molar-refractivity contribution < 1.29 is 0 Å². The van der Waals surface area contributed by atoms with E-state index in [0.717, 1.165) is 18.6 Å². The first-order chi connectivity index (χ1) is 5.72. The van der Waals surface area contributed by atoms with Gasteiger partial charge in [0.15, 0.2) is 0 Å². The highest BCUT2D eigenvalue weighted by Crippen LogP contribution is 2.01.